The Morgan fingerprint density at radius 2 is 2.25 bits per heavy atom. The van der Waals surface area contributed by atoms with Crippen LogP contribution in [-0.2, 0) is 4.79 Å². The summed E-state index contributed by atoms with van der Waals surface area (Å²) in [5.41, 5.74) is 0. The Balaban J connectivity index is 2.77. The molecule has 4 nitrogen and oxygen atoms in total. The van der Waals surface area contributed by atoms with Gasteiger partial charge in [0.25, 0.3) is 0 Å². The molecule has 0 amide bonds. The maximum Gasteiger partial charge on any atom is 0.349 e. The van der Waals surface area contributed by atoms with Crippen molar-refractivity contribution < 1.29 is 19.4 Å². The van der Waals surface area contributed by atoms with Crippen LogP contribution in [0.1, 0.15) is 23.5 Å². The normalized spacial score (nSPS) is 12.6. The van der Waals surface area contributed by atoms with Crippen molar-refractivity contribution >= 4 is 23.1 Å². The van der Waals surface area contributed by atoms with Crippen LogP contribution in [0.4, 0.5) is 0 Å². The van der Waals surface area contributed by atoms with Crippen molar-refractivity contribution in [3.05, 3.63) is 28.5 Å². The molecule has 0 spiro atoms. The van der Waals surface area contributed by atoms with Gasteiger partial charge in [0.05, 0.1) is 0 Å². The highest BCUT2D eigenvalue weighted by molar-refractivity contribution is 7.12. The average molecular weight is 240 g/mol. The van der Waals surface area contributed by atoms with E-state index in [9.17, 15) is 9.59 Å². The van der Waals surface area contributed by atoms with Crippen LogP contribution in [0, 0.1) is 0 Å². The fourth-order valence-corrected chi connectivity index (χ4v) is 1.76. The molecule has 1 atom stereocenters. The van der Waals surface area contributed by atoms with Gasteiger partial charge in [0, 0.05) is 0 Å². The van der Waals surface area contributed by atoms with Gasteiger partial charge >= 0.3 is 5.97 Å². The van der Waals surface area contributed by atoms with E-state index in [0.29, 0.717) is 0 Å². The number of hydrogen-bond acceptors (Lipinski definition) is 4. The van der Waals surface area contributed by atoms with Crippen molar-refractivity contribution in [3.63, 3.8) is 0 Å². The zero-order chi connectivity index (χ0) is 12.1. The Labute approximate surface area is 97.2 Å². The van der Waals surface area contributed by atoms with Crippen LogP contribution in [0.5, 0.6) is 5.75 Å². The lowest BCUT2D eigenvalue weighted by molar-refractivity contribution is -0.120. The van der Waals surface area contributed by atoms with E-state index < -0.39 is 12.1 Å². The first-order chi connectivity index (χ1) is 7.56. The minimum atomic E-state index is -1.05. The molecule has 0 aliphatic heterocycles. The largest absolute Gasteiger partial charge is 0.481 e. The Hall–Kier alpha value is -1.62. The predicted octanol–water partition coefficient (Wildman–Crippen LogP) is 2.36. The molecule has 0 saturated heterocycles. The van der Waals surface area contributed by atoms with E-state index in [2.05, 4.69) is 0 Å². The van der Waals surface area contributed by atoms with Crippen LogP contribution in [0.2, 0.25) is 0 Å². The first-order valence-electron chi connectivity index (χ1n) is 4.70. The van der Waals surface area contributed by atoms with E-state index in [0.717, 1.165) is 11.3 Å². The van der Waals surface area contributed by atoms with E-state index in [1.54, 1.807) is 31.4 Å². The third-order valence-electron chi connectivity index (χ3n) is 1.86. The fraction of sp³-hybridized carbons (Fsp3) is 0.273. The zero-order valence-electron chi connectivity index (χ0n) is 8.97. The summed E-state index contributed by atoms with van der Waals surface area (Å²) < 4.78 is 5.29. The topological polar surface area (TPSA) is 63.6 Å². The van der Waals surface area contributed by atoms with Crippen LogP contribution in [0.3, 0.4) is 0 Å². The van der Waals surface area contributed by atoms with E-state index >= 15 is 0 Å². The molecule has 1 aromatic rings. The SMILES string of the molecule is C/C=C/C(=O)C(C)Oc1ccsc1C(=O)O. The van der Waals surface area contributed by atoms with E-state index in [1.165, 1.54) is 6.08 Å². The summed E-state index contributed by atoms with van der Waals surface area (Å²) in [7, 11) is 0. The zero-order valence-corrected chi connectivity index (χ0v) is 9.78. The van der Waals surface area contributed by atoms with Gasteiger partial charge in [-0.25, -0.2) is 4.79 Å². The summed E-state index contributed by atoms with van der Waals surface area (Å²) in [6.45, 7) is 3.32. The third-order valence-corrected chi connectivity index (χ3v) is 2.74. The standard InChI is InChI=1S/C11H12O4S/c1-3-4-8(12)7(2)15-9-5-6-16-10(9)11(13)14/h3-7H,1-2H3,(H,13,14)/b4-3+. The first-order valence-corrected chi connectivity index (χ1v) is 5.58. The van der Waals surface area contributed by atoms with Gasteiger partial charge in [-0.15, -0.1) is 11.3 Å². The number of thiophene rings is 1. The molecule has 0 radical (unpaired) electrons. The van der Waals surface area contributed by atoms with Gasteiger partial charge in [0.2, 0.25) is 0 Å². The van der Waals surface area contributed by atoms with Gasteiger partial charge in [0.15, 0.2) is 16.8 Å². The van der Waals surface area contributed by atoms with Crippen molar-refractivity contribution in [2.75, 3.05) is 0 Å². The van der Waals surface area contributed by atoms with Gasteiger partial charge in [0.1, 0.15) is 5.75 Å². The minimum Gasteiger partial charge on any atom is -0.481 e. The second-order valence-corrected chi connectivity index (χ2v) is 4.00. The lowest BCUT2D eigenvalue weighted by Gasteiger charge is -2.10. The Morgan fingerprint density at radius 1 is 1.56 bits per heavy atom. The highest BCUT2D eigenvalue weighted by atomic mass is 32.1. The lowest BCUT2D eigenvalue weighted by atomic mass is 10.2. The number of carbonyl (C=O) groups is 2. The summed E-state index contributed by atoms with van der Waals surface area (Å²) in [5, 5.41) is 10.5. The van der Waals surface area contributed by atoms with Crippen LogP contribution in [0.25, 0.3) is 0 Å². The van der Waals surface area contributed by atoms with Crippen LogP contribution >= 0.6 is 11.3 Å². The molecule has 86 valence electrons. The Bertz CT molecular complexity index is 419. The molecular formula is C11H12O4S. The smallest absolute Gasteiger partial charge is 0.349 e. The van der Waals surface area contributed by atoms with Gasteiger partial charge in [-0.05, 0) is 31.4 Å². The van der Waals surface area contributed by atoms with E-state index in [1.807, 2.05) is 0 Å². The van der Waals surface area contributed by atoms with Crippen LogP contribution in [-0.4, -0.2) is 23.0 Å². The number of rotatable bonds is 5. The van der Waals surface area contributed by atoms with Gasteiger partial charge in [-0.3, -0.25) is 4.79 Å². The summed E-state index contributed by atoms with van der Waals surface area (Å²) in [6.07, 6.45) is 2.34. The molecule has 1 heterocycles. The highest BCUT2D eigenvalue weighted by Gasteiger charge is 2.18. The number of carbonyl (C=O) groups excluding carboxylic acids is 1. The number of carboxylic acid groups (broad SMARTS) is 1. The van der Waals surface area contributed by atoms with Crippen molar-refractivity contribution in [2.24, 2.45) is 0 Å². The molecule has 1 unspecified atom stereocenters. The molecule has 1 N–H and O–H groups in total. The number of carboxylic acids is 1. The maximum absolute atomic E-state index is 11.4. The van der Waals surface area contributed by atoms with Crippen molar-refractivity contribution in [3.8, 4) is 5.75 Å². The number of allylic oxidation sites excluding steroid dienone is 1. The molecule has 0 aliphatic rings. The second kappa shape index (κ2) is 5.46. The van der Waals surface area contributed by atoms with Crippen molar-refractivity contribution in [1.82, 2.24) is 0 Å². The molecule has 0 bridgehead atoms. The highest BCUT2D eigenvalue weighted by Crippen LogP contribution is 2.25. The Morgan fingerprint density at radius 3 is 2.81 bits per heavy atom. The summed E-state index contributed by atoms with van der Waals surface area (Å²) >= 11 is 1.07. The second-order valence-electron chi connectivity index (χ2n) is 3.08. The minimum absolute atomic E-state index is 0.111. The van der Waals surface area contributed by atoms with Gasteiger partial charge < -0.3 is 9.84 Å². The predicted molar refractivity (Wildman–Crippen MR) is 61.2 cm³/mol. The molecule has 5 heteroatoms. The third kappa shape index (κ3) is 2.93. The van der Waals surface area contributed by atoms with E-state index in [4.69, 9.17) is 9.84 Å². The number of hydrogen-bond donors (Lipinski definition) is 1. The number of ketones is 1. The number of ether oxygens (including phenoxy) is 1. The van der Waals surface area contributed by atoms with E-state index in [-0.39, 0.29) is 16.4 Å². The van der Waals surface area contributed by atoms with Crippen molar-refractivity contribution in [2.45, 2.75) is 20.0 Å². The first kappa shape index (κ1) is 12.4. The van der Waals surface area contributed by atoms with Crippen molar-refractivity contribution in [1.29, 1.82) is 0 Å². The van der Waals surface area contributed by atoms with Gasteiger partial charge in [-0.1, -0.05) is 6.08 Å². The van der Waals surface area contributed by atoms with Crippen LogP contribution in [0.15, 0.2) is 23.6 Å². The lowest BCUT2D eigenvalue weighted by Crippen LogP contribution is -2.22. The molecule has 1 rings (SSSR count). The molecular weight excluding hydrogens is 228 g/mol. The Kier molecular flexibility index (Phi) is 4.25. The summed E-state index contributed by atoms with van der Waals surface area (Å²) in [6, 6.07) is 1.55. The molecule has 0 aromatic carbocycles. The molecule has 0 aliphatic carbocycles. The summed E-state index contributed by atoms with van der Waals surface area (Å²) in [4.78, 5) is 22.3. The number of aromatic carboxylic acids is 1. The van der Waals surface area contributed by atoms with Crippen LogP contribution < -0.4 is 4.74 Å². The van der Waals surface area contributed by atoms with Gasteiger partial charge in [-0.2, -0.15) is 0 Å². The quantitative estimate of drug-likeness (QED) is 0.802. The molecule has 16 heavy (non-hydrogen) atoms. The molecule has 0 saturated carbocycles. The summed E-state index contributed by atoms with van der Waals surface area (Å²) in [5.74, 6) is -0.997. The maximum atomic E-state index is 11.4. The fourth-order valence-electron chi connectivity index (χ4n) is 1.09. The molecule has 1 aromatic heterocycles. The molecule has 0 fully saturated rings. The average Bonchev–Trinajstić information content (AvgIpc) is 2.66. The monoisotopic (exact) mass is 240 g/mol.